The van der Waals surface area contributed by atoms with E-state index in [4.69, 9.17) is 11.6 Å². The van der Waals surface area contributed by atoms with Gasteiger partial charge in [0.05, 0.1) is 12.7 Å². The largest absolute Gasteiger partial charge is 0.342 e. The Kier molecular flexibility index (Phi) is 5.49. The highest BCUT2D eigenvalue weighted by molar-refractivity contribution is 6.30. The minimum Gasteiger partial charge on any atom is -0.342 e. The third kappa shape index (κ3) is 4.29. The highest BCUT2D eigenvalue weighted by atomic mass is 35.5. The fraction of sp³-hybridized carbons (Fsp3) is 0.250. The van der Waals surface area contributed by atoms with Crippen molar-refractivity contribution in [2.24, 2.45) is 0 Å². The van der Waals surface area contributed by atoms with E-state index in [-0.39, 0.29) is 11.8 Å². The van der Waals surface area contributed by atoms with Gasteiger partial charge in [0.15, 0.2) is 5.82 Å². The van der Waals surface area contributed by atoms with Gasteiger partial charge in [0.2, 0.25) is 5.91 Å². The zero-order valence-corrected chi connectivity index (χ0v) is 18.5. The Labute approximate surface area is 191 Å². The number of carbonyl (C=O) groups excluding carboxylic acids is 1. The molecule has 0 saturated carbocycles. The van der Waals surface area contributed by atoms with E-state index in [1.54, 1.807) is 13.1 Å². The molecule has 162 valence electrons. The molecule has 4 heterocycles. The van der Waals surface area contributed by atoms with Gasteiger partial charge in [-0.1, -0.05) is 23.7 Å². The van der Waals surface area contributed by atoms with Crippen LogP contribution in [0.25, 0.3) is 22.6 Å². The van der Waals surface area contributed by atoms with Gasteiger partial charge in [-0.05, 0) is 41.8 Å². The van der Waals surface area contributed by atoms with Gasteiger partial charge in [0.25, 0.3) is 0 Å². The predicted octanol–water partition coefficient (Wildman–Crippen LogP) is 4.37. The van der Waals surface area contributed by atoms with Gasteiger partial charge in [0, 0.05) is 60.8 Å². The molecule has 1 fully saturated rings. The quantitative estimate of drug-likeness (QED) is 0.493. The Hall–Kier alpha value is -3.45. The van der Waals surface area contributed by atoms with Crippen LogP contribution in [0.15, 0.2) is 61.2 Å². The van der Waals surface area contributed by atoms with Gasteiger partial charge in [-0.25, -0.2) is 4.98 Å². The summed E-state index contributed by atoms with van der Waals surface area (Å²) in [4.78, 5) is 26.0. The molecule has 1 saturated heterocycles. The summed E-state index contributed by atoms with van der Waals surface area (Å²) < 4.78 is 1.91. The van der Waals surface area contributed by atoms with Crippen LogP contribution >= 0.6 is 11.6 Å². The number of likely N-dealkylation sites (tertiary alicyclic amines) is 1. The van der Waals surface area contributed by atoms with E-state index in [1.807, 2.05) is 64.6 Å². The lowest BCUT2D eigenvalue weighted by molar-refractivity contribution is -0.127. The van der Waals surface area contributed by atoms with E-state index in [0.29, 0.717) is 6.54 Å². The Morgan fingerprint density at radius 2 is 2.00 bits per heavy atom. The van der Waals surface area contributed by atoms with Crippen molar-refractivity contribution in [3.63, 3.8) is 0 Å². The lowest BCUT2D eigenvalue weighted by Crippen LogP contribution is -2.25. The minimum atomic E-state index is 0.123. The monoisotopic (exact) mass is 446 g/mol. The summed E-state index contributed by atoms with van der Waals surface area (Å²) in [5.74, 6) is 1.14. The molecule has 4 aromatic rings. The van der Waals surface area contributed by atoms with Crippen LogP contribution in [0.4, 0.5) is 0 Å². The van der Waals surface area contributed by atoms with Gasteiger partial charge in [-0.15, -0.1) is 0 Å². The van der Waals surface area contributed by atoms with Crippen LogP contribution in [0.3, 0.4) is 0 Å². The molecule has 7 nitrogen and oxygen atoms in total. The molecule has 1 aromatic carbocycles. The summed E-state index contributed by atoms with van der Waals surface area (Å²) in [7, 11) is 0. The van der Waals surface area contributed by atoms with Crippen molar-refractivity contribution in [2.75, 3.05) is 13.1 Å². The van der Waals surface area contributed by atoms with Crippen molar-refractivity contribution in [1.29, 1.82) is 0 Å². The third-order valence-corrected chi connectivity index (χ3v) is 6.15. The fourth-order valence-electron chi connectivity index (χ4n) is 4.09. The van der Waals surface area contributed by atoms with Crippen molar-refractivity contribution in [2.45, 2.75) is 25.8 Å². The topological polar surface area (TPSA) is 79.7 Å². The van der Waals surface area contributed by atoms with Crippen LogP contribution < -0.4 is 0 Å². The first kappa shape index (κ1) is 20.5. The van der Waals surface area contributed by atoms with Crippen molar-refractivity contribution < 1.29 is 4.79 Å². The van der Waals surface area contributed by atoms with E-state index in [0.717, 1.165) is 58.4 Å². The number of nitrogens with one attached hydrogen (secondary N) is 1. The van der Waals surface area contributed by atoms with Crippen molar-refractivity contribution in [3.05, 3.63) is 77.5 Å². The second-order valence-electron chi connectivity index (χ2n) is 8.12. The van der Waals surface area contributed by atoms with Crippen LogP contribution in [0.2, 0.25) is 5.02 Å². The molecule has 32 heavy (non-hydrogen) atoms. The number of hydrogen-bond donors (Lipinski definition) is 1. The first-order valence-electron chi connectivity index (χ1n) is 10.6. The molecule has 1 aliphatic rings. The Balaban J connectivity index is 1.32. The second-order valence-corrected chi connectivity index (χ2v) is 8.56. The van der Waals surface area contributed by atoms with E-state index >= 15 is 0 Å². The van der Waals surface area contributed by atoms with Crippen molar-refractivity contribution >= 4 is 17.5 Å². The van der Waals surface area contributed by atoms with Crippen molar-refractivity contribution in [1.82, 2.24) is 29.6 Å². The summed E-state index contributed by atoms with van der Waals surface area (Å²) in [5, 5.41) is 5.22. The molecule has 1 aliphatic heterocycles. The first-order chi connectivity index (χ1) is 15.5. The van der Waals surface area contributed by atoms with Crippen LogP contribution in [-0.4, -0.2) is 48.6 Å². The maximum Gasteiger partial charge on any atom is 0.219 e. The summed E-state index contributed by atoms with van der Waals surface area (Å²) in [6.45, 7) is 3.82. The van der Waals surface area contributed by atoms with E-state index in [1.165, 1.54) is 0 Å². The number of pyridine rings is 1. The smallest absolute Gasteiger partial charge is 0.219 e. The van der Waals surface area contributed by atoms with E-state index < -0.39 is 0 Å². The average Bonchev–Trinajstić information content (AvgIpc) is 3.56. The zero-order chi connectivity index (χ0) is 22.1. The van der Waals surface area contributed by atoms with Gasteiger partial charge in [-0.2, -0.15) is 5.10 Å². The maximum absolute atomic E-state index is 11.6. The molecule has 1 N–H and O–H groups in total. The normalized spacial score (nSPS) is 15.9. The molecule has 1 amide bonds. The Bertz CT molecular complexity index is 1250. The number of H-pyrrole nitrogens is 1. The molecular formula is C24H23ClN6O. The van der Waals surface area contributed by atoms with Crippen LogP contribution in [0.1, 0.15) is 30.5 Å². The minimum absolute atomic E-state index is 0.123. The van der Waals surface area contributed by atoms with Crippen molar-refractivity contribution in [3.8, 4) is 22.6 Å². The highest BCUT2D eigenvalue weighted by Gasteiger charge is 2.27. The summed E-state index contributed by atoms with van der Waals surface area (Å²) >= 11 is 5.97. The number of carbonyl (C=O) groups is 1. The lowest BCUT2D eigenvalue weighted by Gasteiger charge is -2.12. The lowest BCUT2D eigenvalue weighted by atomic mass is 10.1. The number of rotatable bonds is 5. The van der Waals surface area contributed by atoms with E-state index in [2.05, 4.69) is 20.1 Å². The number of amides is 1. The SMILES string of the molecule is CC(=O)N1CCC(c2cnc(-c3cc(-c4cnn(Cc5ccc(Cl)cc5)c4)ccn3)[nH]2)C1. The van der Waals surface area contributed by atoms with E-state index in [9.17, 15) is 4.79 Å². The summed E-state index contributed by atoms with van der Waals surface area (Å²) in [5.41, 5.74) is 5.01. The summed E-state index contributed by atoms with van der Waals surface area (Å²) in [6, 6.07) is 11.8. The zero-order valence-electron chi connectivity index (χ0n) is 17.7. The molecule has 1 atom stereocenters. The molecule has 5 rings (SSSR count). The highest BCUT2D eigenvalue weighted by Crippen LogP contribution is 2.28. The third-order valence-electron chi connectivity index (χ3n) is 5.90. The number of hydrogen-bond acceptors (Lipinski definition) is 4. The summed E-state index contributed by atoms with van der Waals surface area (Å²) in [6.07, 6.45) is 8.48. The molecule has 0 spiro atoms. The number of aromatic nitrogens is 5. The van der Waals surface area contributed by atoms with Gasteiger partial charge >= 0.3 is 0 Å². The van der Waals surface area contributed by atoms with Crippen LogP contribution in [-0.2, 0) is 11.3 Å². The molecule has 0 radical (unpaired) electrons. The molecule has 8 heteroatoms. The first-order valence-corrected chi connectivity index (χ1v) is 11.0. The molecule has 0 aliphatic carbocycles. The number of aromatic amines is 1. The molecule has 1 unspecified atom stereocenters. The van der Waals surface area contributed by atoms with Gasteiger partial charge in [-0.3, -0.25) is 14.5 Å². The number of imidazole rings is 1. The number of benzene rings is 1. The maximum atomic E-state index is 11.6. The molecular weight excluding hydrogens is 424 g/mol. The molecule has 3 aromatic heterocycles. The molecule has 0 bridgehead atoms. The predicted molar refractivity (Wildman–Crippen MR) is 123 cm³/mol. The Morgan fingerprint density at radius 3 is 2.78 bits per heavy atom. The fourth-order valence-corrected chi connectivity index (χ4v) is 4.21. The van der Waals surface area contributed by atoms with Crippen LogP contribution in [0.5, 0.6) is 0 Å². The van der Waals surface area contributed by atoms with Gasteiger partial charge in [0.1, 0.15) is 5.69 Å². The van der Waals surface area contributed by atoms with Crippen LogP contribution in [0, 0.1) is 0 Å². The Morgan fingerprint density at radius 1 is 1.16 bits per heavy atom. The number of halogens is 1. The second kappa shape index (κ2) is 8.59. The van der Waals surface area contributed by atoms with Gasteiger partial charge < -0.3 is 9.88 Å². The standard InChI is InChI=1S/C24H23ClN6O/c1-16(32)30-9-7-19(14-30)23-12-27-24(29-23)22-10-18(6-8-26-22)20-11-28-31(15-20)13-17-2-4-21(25)5-3-17/h2-6,8,10-12,15,19H,7,9,13-14H2,1H3,(H,27,29). The number of nitrogens with zero attached hydrogens (tertiary/aromatic N) is 5. The average molecular weight is 447 g/mol.